The number of hydrogen-bond acceptors (Lipinski definition) is 3. The van der Waals surface area contributed by atoms with Gasteiger partial charge in [-0.1, -0.05) is 13.0 Å². The smallest absolute Gasteiger partial charge is 0.0478 e. The number of nitrogens with two attached hydrogens (primary N) is 1. The molecular weight excluding hydrogens is 204 g/mol. The van der Waals surface area contributed by atoms with Crippen LogP contribution in [0.3, 0.4) is 0 Å². The van der Waals surface area contributed by atoms with Crippen LogP contribution in [-0.2, 0) is 0 Å². The first kappa shape index (κ1) is 10.8. The Morgan fingerprint density at radius 2 is 2.40 bits per heavy atom. The van der Waals surface area contributed by atoms with Crippen LogP contribution in [0.25, 0.3) is 0 Å². The molecule has 3 N–H and O–H groups in total. The first-order chi connectivity index (χ1) is 7.35. The predicted octanol–water partition coefficient (Wildman–Crippen LogP) is 2.66. The van der Waals surface area contributed by atoms with E-state index in [9.17, 15) is 0 Å². The fourth-order valence-corrected chi connectivity index (χ4v) is 2.88. The molecule has 0 saturated heterocycles. The minimum atomic E-state index is 0.512. The number of nitrogens with one attached hydrogen (secondary N) is 1. The maximum absolute atomic E-state index is 5.77. The van der Waals surface area contributed by atoms with Crippen LogP contribution in [0.5, 0.6) is 0 Å². The average molecular weight is 222 g/mol. The van der Waals surface area contributed by atoms with E-state index < -0.39 is 0 Å². The second-order valence-electron chi connectivity index (χ2n) is 3.87. The summed E-state index contributed by atoms with van der Waals surface area (Å²) in [4.78, 5) is 1.38. The van der Waals surface area contributed by atoms with Gasteiger partial charge in [0.1, 0.15) is 0 Å². The van der Waals surface area contributed by atoms with E-state index >= 15 is 0 Å². The Kier molecular flexibility index (Phi) is 3.54. The van der Waals surface area contributed by atoms with Crippen LogP contribution in [0, 0.1) is 0 Å². The molecule has 0 aromatic heterocycles. The van der Waals surface area contributed by atoms with Gasteiger partial charge in [0.25, 0.3) is 0 Å². The lowest BCUT2D eigenvalue weighted by Crippen LogP contribution is -2.13. The lowest BCUT2D eigenvalue weighted by molar-refractivity contribution is 0.673. The van der Waals surface area contributed by atoms with Gasteiger partial charge in [-0.15, -0.1) is 11.8 Å². The highest BCUT2D eigenvalue weighted by atomic mass is 32.2. The van der Waals surface area contributed by atoms with Crippen molar-refractivity contribution in [2.75, 3.05) is 24.2 Å². The summed E-state index contributed by atoms with van der Waals surface area (Å²) in [5.74, 6) is 1.67. The number of hydrogen-bond donors (Lipinski definition) is 2. The third-order valence-corrected chi connectivity index (χ3v) is 3.99. The van der Waals surface area contributed by atoms with Crippen molar-refractivity contribution >= 4 is 17.4 Å². The van der Waals surface area contributed by atoms with Gasteiger partial charge in [-0.05, 0) is 36.6 Å². The highest BCUT2D eigenvalue weighted by Crippen LogP contribution is 2.33. The quantitative estimate of drug-likeness (QED) is 0.825. The number of anilines is 1. The van der Waals surface area contributed by atoms with Crippen LogP contribution in [0.2, 0.25) is 0 Å². The van der Waals surface area contributed by atoms with E-state index in [1.807, 2.05) is 11.8 Å². The fourth-order valence-electron chi connectivity index (χ4n) is 1.94. The van der Waals surface area contributed by atoms with Crippen molar-refractivity contribution in [3.8, 4) is 0 Å². The van der Waals surface area contributed by atoms with Gasteiger partial charge in [0, 0.05) is 22.9 Å². The minimum absolute atomic E-state index is 0.512. The lowest BCUT2D eigenvalue weighted by atomic mass is 9.96. The van der Waals surface area contributed by atoms with Gasteiger partial charge >= 0.3 is 0 Å². The second-order valence-corrected chi connectivity index (χ2v) is 5.01. The van der Waals surface area contributed by atoms with Gasteiger partial charge in [-0.3, -0.25) is 0 Å². The fraction of sp³-hybridized carbons (Fsp3) is 0.500. The summed E-state index contributed by atoms with van der Waals surface area (Å²) in [7, 11) is 0. The van der Waals surface area contributed by atoms with Gasteiger partial charge < -0.3 is 11.1 Å². The summed E-state index contributed by atoms with van der Waals surface area (Å²) in [6, 6.07) is 6.70. The Labute approximate surface area is 95.6 Å². The molecular formula is C12H18N2S. The molecule has 0 amide bonds. The largest absolute Gasteiger partial charge is 0.383 e. The molecule has 0 spiro atoms. The van der Waals surface area contributed by atoms with Crippen LogP contribution in [0.15, 0.2) is 23.1 Å². The van der Waals surface area contributed by atoms with E-state index in [1.54, 1.807) is 0 Å². The minimum Gasteiger partial charge on any atom is -0.383 e. The van der Waals surface area contributed by atoms with Gasteiger partial charge in [0.15, 0.2) is 0 Å². The van der Waals surface area contributed by atoms with Gasteiger partial charge in [0.05, 0.1) is 0 Å². The summed E-state index contributed by atoms with van der Waals surface area (Å²) < 4.78 is 0. The van der Waals surface area contributed by atoms with E-state index in [2.05, 4.69) is 30.4 Å². The molecule has 1 heterocycles. The second kappa shape index (κ2) is 4.90. The van der Waals surface area contributed by atoms with Crippen molar-refractivity contribution in [2.45, 2.75) is 24.2 Å². The Bertz CT molecular complexity index is 334. The molecule has 1 aromatic carbocycles. The summed E-state index contributed by atoms with van der Waals surface area (Å²) in [6.45, 7) is 4.01. The van der Waals surface area contributed by atoms with Gasteiger partial charge in [-0.2, -0.15) is 0 Å². The molecule has 1 aromatic rings. The summed E-state index contributed by atoms with van der Waals surface area (Å²) in [5.41, 5.74) is 8.43. The Balaban J connectivity index is 2.27. The van der Waals surface area contributed by atoms with Crippen LogP contribution < -0.4 is 11.1 Å². The molecule has 0 bridgehead atoms. The Morgan fingerprint density at radius 1 is 1.53 bits per heavy atom. The molecule has 0 fully saturated rings. The molecule has 82 valence electrons. The van der Waals surface area contributed by atoms with Crippen molar-refractivity contribution in [1.82, 2.24) is 0 Å². The first-order valence-corrected chi connectivity index (χ1v) is 6.54. The van der Waals surface area contributed by atoms with Crippen molar-refractivity contribution in [3.63, 3.8) is 0 Å². The van der Waals surface area contributed by atoms with Crippen molar-refractivity contribution in [3.05, 3.63) is 23.8 Å². The molecule has 2 nitrogen and oxygen atoms in total. The summed E-state index contributed by atoms with van der Waals surface area (Å²) >= 11 is 1.94. The first-order valence-electron chi connectivity index (χ1n) is 5.55. The molecule has 1 aliphatic rings. The number of fused-ring (bicyclic) bond motifs is 1. The van der Waals surface area contributed by atoms with E-state index in [4.69, 9.17) is 5.73 Å². The number of rotatable bonds is 3. The predicted molar refractivity (Wildman–Crippen MR) is 67.7 cm³/mol. The molecule has 0 aliphatic carbocycles. The number of benzene rings is 1. The standard InChI is InChI=1S/C12H18N2S/c1-2-9(8-13)10-3-4-11-12(7-10)15-6-5-14-11/h3-4,7,9,14H,2,5-6,8,13H2,1H3. The van der Waals surface area contributed by atoms with Crippen molar-refractivity contribution in [1.29, 1.82) is 0 Å². The lowest BCUT2D eigenvalue weighted by Gasteiger charge is -2.20. The molecule has 0 saturated carbocycles. The summed E-state index contributed by atoms with van der Waals surface area (Å²) in [5, 5.41) is 3.41. The maximum Gasteiger partial charge on any atom is 0.0478 e. The van der Waals surface area contributed by atoms with Crippen LogP contribution in [0.4, 0.5) is 5.69 Å². The highest BCUT2D eigenvalue weighted by Gasteiger charge is 2.13. The molecule has 1 aliphatic heterocycles. The molecule has 2 rings (SSSR count). The Hall–Kier alpha value is -0.670. The van der Waals surface area contributed by atoms with Crippen molar-refractivity contribution < 1.29 is 0 Å². The Morgan fingerprint density at radius 3 is 3.13 bits per heavy atom. The zero-order chi connectivity index (χ0) is 10.7. The average Bonchev–Trinajstić information content (AvgIpc) is 2.30. The highest BCUT2D eigenvalue weighted by molar-refractivity contribution is 7.99. The van der Waals surface area contributed by atoms with E-state index in [1.165, 1.54) is 16.1 Å². The van der Waals surface area contributed by atoms with Gasteiger partial charge in [0.2, 0.25) is 0 Å². The topological polar surface area (TPSA) is 38.0 Å². The molecule has 1 unspecified atom stereocenters. The molecule has 15 heavy (non-hydrogen) atoms. The van der Waals surface area contributed by atoms with E-state index in [0.29, 0.717) is 5.92 Å². The third kappa shape index (κ3) is 2.29. The van der Waals surface area contributed by atoms with Crippen molar-refractivity contribution in [2.24, 2.45) is 5.73 Å². The maximum atomic E-state index is 5.77. The third-order valence-electron chi connectivity index (χ3n) is 2.93. The van der Waals surface area contributed by atoms with E-state index in [0.717, 1.165) is 25.3 Å². The van der Waals surface area contributed by atoms with Crippen LogP contribution in [-0.4, -0.2) is 18.8 Å². The molecule has 0 radical (unpaired) electrons. The molecule has 1 atom stereocenters. The van der Waals surface area contributed by atoms with E-state index in [-0.39, 0.29) is 0 Å². The zero-order valence-corrected chi connectivity index (χ0v) is 9.94. The number of thioether (sulfide) groups is 1. The van der Waals surface area contributed by atoms with Crippen LogP contribution >= 0.6 is 11.8 Å². The normalized spacial score (nSPS) is 16.7. The zero-order valence-electron chi connectivity index (χ0n) is 9.12. The summed E-state index contributed by atoms with van der Waals surface area (Å²) in [6.07, 6.45) is 1.12. The SMILES string of the molecule is CCC(CN)c1ccc2c(c1)SCCN2. The van der Waals surface area contributed by atoms with Gasteiger partial charge in [-0.25, -0.2) is 0 Å². The molecule has 3 heteroatoms. The monoisotopic (exact) mass is 222 g/mol. The van der Waals surface area contributed by atoms with Crippen LogP contribution in [0.1, 0.15) is 24.8 Å².